The first-order valence-electron chi connectivity index (χ1n) is 7.93. The molecule has 0 aliphatic rings. The number of nitrogens with zero attached hydrogens (tertiary/aromatic N) is 1. The van der Waals surface area contributed by atoms with Crippen molar-refractivity contribution < 1.29 is 22.2 Å². The molecule has 0 unspecified atom stereocenters. The normalized spacial score (nSPS) is 12.7. The number of aliphatic hydroxyl groups is 1. The van der Waals surface area contributed by atoms with Crippen LogP contribution in [0.15, 0.2) is 78.9 Å². The van der Waals surface area contributed by atoms with Gasteiger partial charge in [-0.15, -0.1) is 11.1 Å². The first kappa shape index (κ1) is 20.4. The Kier molecular flexibility index (Phi) is 8.73. The van der Waals surface area contributed by atoms with Crippen LogP contribution in [0.3, 0.4) is 0 Å². The van der Waals surface area contributed by atoms with E-state index < -0.39 is 6.10 Å². The summed E-state index contributed by atoms with van der Waals surface area (Å²) in [5.74, 6) is 0. The summed E-state index contributed by atoms with van der Waals surface area (Å²) in [5, 5.41) is 10.5. The van der Waals surface area contributed by atoms with E-state index in [1.54, 1.807) is 0 Å². The zero-order valence-electron chi connectivity index (χ0n) is 14.4. The second-order valence-corrected chi connectivity index (χ2v) is 5.85. The second-order valence-electron chi connectivity index (χ2n) is 5.85. The van der Waals surface area contributed by atoms with Crippen LogP contribution in [0.5, 0.6) is 0 Å². The largest absolute Gasteiger partial charge is 0.748 e. The molecule has 3 aromatic carbocycles. The monoisotopic (exact) mass is 363 g/mol. The third-order valence-corrected chi connectivity index (χ3v) is 4.08. The van der Waals surface area contributed by atoms with Gasteiger partial charge in [-0.1, -0.05) is 37.3 Å². The molecule has 0 saturated heterocycles. The van der Waals surface area contributed by atoms with Crippen LogP contribution in [0, 0.1) is 0 Å². The maximum absolute atomic E-state index is 10.5. The van der Waals surface area contributed by atoms with Crippen molar-refractivity contribution in [1.29, 1.82) is 0 Å². The van der Waals surface area contributed by atoms with Crippen molar-refractivity contribution in [2.75, 3.05) is 14.1 Å². The van der Waals surface area contributed by atoms with Crippen LogP contribution in [-0.4, -0.2) is 24.1 Å². The molecule has 3 rings (SSSR count). The fraction of sp³-hybridized carbons (Fsp3) is 0.238. The summed E-state index contributed by atoms with van der Waals surface area (Å²) in [5.41, 5.74) is 3.13. The van der Waals surface area contributed by atoms with Gasteiger partial charge in [0.1, 0.15) is 0 Å². The van der Waals surface area contributed by atoms with Crippen molar-refractivity contribution in [2.45, 2.75) is 19.1 Å². The molecular formula is C21H25FeNO-6. The quantitative estimate of drug-likeness (QED) is 0.545. The van der Waals surface area contributed by atoms with Crippen molar-refractivity contribution in [3.8, 4) is 0 Å². The van der Waals surface area contributed by atoms with E-state index >= 15 is 0 Å². The Bertz CT molecular complexity index is 641. The molecule has 0 radical (unpaired) electrons. The van der Waals surface area contributed by atoms with Gasteiger partial charge >= 0.3 is 0 Å². The Morgan fingerprint density at radius 1 is 0.917 bits per heavy atom. The Labute approximate surface area is 156 Å². The summed E-state index contributed by atoms with van der Waals surface area (Å²) in [4.78, 5) is 2.15. The fourth-order valence-electron chi connectivity index (χ4n) is 2.49. The molecular weight excluding hydrogens is 338 g/mol. The third kappa shape index (κ3) is 5.47. The van der Waals surface area contributed by atoms with Crippen LogP contribution in [-0.2, 0) is 17.1 Å². The Balaban J connectivity index is 0.000000412. The smallest absolute Gasteiger partial charge is 0.0815 e. The predicted octanol–water partition coefficient (Wildman–Crippen LogP) is 4.51. The first-order chi connectivity index (χ1) is 11.1. The molecule has 0 aliphatic carbocycles. The minimum Gasteiger partial charge on any atom is -0.748 e. The Morgan fingerprint density at radius 3 is 1.96 bits per heavy atom. The summed E-state index contributed by atoms with van der Waals surface area (Å²) < 4.78 is 0. The number of hydrogen-bond donors (Lipinski definition) is 1. The van der Waals surface area contributed by atoms with Crippen molar-refractivity contribution in [3.63, 3.8) is 0 Å². The van der Waals surface area contributed by atoms with Crippen LogP contribution >= 0.6 is 0 Å². The second kappa shape index (κ2) is 10.3. The molecule has 0 fully saturated rings. The average Bonchev–Trinajstić information content (AvgIpc) is 3.28. The molecule has 0 aromatic heterocycles. The number of benzene rings is 1. The van der Waals surface area contributed by atoms with Gasteiger partial charge in [0.15, 0.2) is 0 Å². The minimum atomic E-state index is -0.543. The standard InChI is InChI=1S/C16H20NO.C5H5.Fe/c1-12(17(2)3)14-10-7-11-15(14)16(18)13-8-5-4-6-9-13;1-2-4-5-3-1;/h4-12,16,18H,1-3H3;1-5H;/q-1;-5;/t12-,16+;;/m0../s1. The van der Waals surface area contributed by atoms with Gasteiger partial charge in [0.05, 0.1) is 6.10 Å². The average molecular weight is 363 g/mol. The van der Waals surface area contributed by atoms with E-state index in [-0.39, 0.29) is 17.1 Å². The van der Waals surface area contributed by atoms with Crippen LogP contribution in [0.25, 0.3) is 0 Å². The molecule has 0 amide bonds. The topological polar surface area (TPSA) is 23.5 Å². The summed E-state index contributed by atoms with van der Waals surface area (Å²) >= 11 is 0. The molecule has 2 atom stereocenters. The van der Waals surface area contributed by atoms with Gasteiger partial charge in [0.25, 0.3) is 0 Å². The van der Waals surface area contributed by atoms with Gasteiger partial charge < -0.3 is 40.3 Å². The van der Waals surface area contributed by atoms with Crippen LogP contribution in [0.1, 0.15) is 35.8 Å². The molecule has 134 valence electrons. The Morgan fingerprint density at radius 2 is 1.46 bits per heavy atom. The fourth-order valence-corrected chi connectivity index (χ4v) is 2.49. The maximum atomic E-state index is 10.5. The molecule has 0 bridgehead atoms. The SMILES string of the molecule is C[C@@H]([c-]1cccc1[C@H](O)c1ccccc1)N(C)C.[Fe].[cH-]1[cH-][cH-][cH-][cH-]1. The summed E-state index contributed by atoms with van der Waals surface area (Å²) in [6.07, 6.45) is -0.543. The Hall–Kier alpha value is -1.64. The molecule has 3 heteroatoms. The van der Waals surface area contributed by atoms with E-state index in [1.807, 2.05) is 72.8 Å². The molecule has 0 heterocycles. The van der Waals surface area contributed by atoms with E-state index in [1.165, 1.54) is 5.56 Å². The van der Waals surface area contributed by atoms with Gasteiger partial charge in [0.2, 0.25) is 0 Å². The molecule has 0 spiro atoms. The van der Waals surface area contributed by atoms with Crippen molar-refractivity contribution in [1.82, 2.24) is 4.90 Å². The van der Waals surface area contributed by atoms with Crippen LogP contribution in [0.4, 0.5) is 0 Å². The minimum absolute atomic E-state index is 0. The van der Waals surface area contributed by atoms with Crippen LogP contribution in [0.2, 0.25) is 0 Å². The predicted molar refractivity (Wildman–Crippen MR) is 96.7 cm³/mol. The first-order valence-corrected chi connectivity index (χ1v) is 7.93. The van der Waals surface area contributed by atoms with Gasteiger partial charge in [-0.05, 0) is 25.7 Å². The van der Waals surface area contributed by atoms with E-state index in [9.17, 15) is 5.11 Å². The summed E-state index contributed by atoms with van der Waals surface area (Å²) in [6, 6.07) is 26.2. The van der Waals surface area contributed by atoms with Crippen molar-refractivity contribution in [2.24, 2.45) is 0 Å². The van der Waals surface area contributed by atoms with E-state index in [0.717, 1.165) is 11.1 Å². The molecule has 3 aromatic rings. The van der Waals surface area contributed by atoms with Gasteiger partial charge in [-0.2, -0.15) is 6.07 Å². The molecule has 0 saturated carbocycles. The third-order valence-electron chi connectivity index (χ3n) is 4.08. The summed E-state index contributed by atoms with van der Waals surface area (Å²) in [7, 11) is 4.10. The zero-order chi connectivity index (χ0) is 16.7. The van der Waals surface area contributed by atoms with Crippen molar-refractivity contribution >= 4 is 0 Å². The van der Waals surface area contributed by atoms with Crippen molar-refractivity contribution in [3.05, 3.63) is 95.6 Å². The zero-order valence-corrected chi connectivity index (χ0v) is 15.5. The van der Waals surface area contributed by atoms with Gasteiger partial charge in [0, 0.05) is 17.1 Å². The molecule has 24 heavy (non-hydrogen) atoms. The van der Waals surface area contributed by atoms with E-state index in [4.69, 9.17) is 0 Å². The van der Waals surface area contributed by atoms with Gasteiger partial charge in [-0.25, -0.2) is 12.1 Å². The number of hydrogen-bond acceptors (Lipinski definition) is 2. The van der Waals surface area contributed by atoms with E-state index in [0.29, 0.717) is 6.04 Å². The maximum Gasteiger partial charge on any atom is 0.0815 e. The number of aliphatic hydroxyl groups excluding tert-OH is 1. The van der Waals surface area contributed by atoms with Gasteiger partial charge in [-0.3, -0.25) is 0 Å². The van der Waals surface area contributed by atoms with Crippen LogP contribution < -0.4 is 0 Å². The molecule has 2 nitrogen and oxygen atoms in total. The summed E-state index contributed by atoms with van der Waals surface area (Å²) in [6.45, 7) is 2.15. The van der Waals surface area contributed by atoms with E-state index in [2.05, 4.69) is 32.0 Å². The number of rotatable bonds is 4. The molecule has 1 N–H and O–H groups in total. The molecule has 0 aliphatic heterocycles.